The first-order valence-corrected chi connectivity index (χ1v) is 11.7. The zero-order valence-electron chi connectivity index (χ0n) is 18.4. The smallest absolute Gasteiger partial charge is 0.263 e. The van der Waals surface area contributed by atoms with E-state index in [0.29, 0.717) is 40.4 Å². The van der Waals surface area contributed by atoms with Gasteiger partial charge in [0.05, 0.1) is 11.3 Å². The van der Waals surface area contributed by atoms with Crippen molar-refractivity contribution in [3.63, 3.8) is 0 Å². The molecule has 3 heterocycles. The van der Waals surface area contributed by atoms with Gasteiger partial charge in [0.15, 0.2) is 5.13 Å². The first-order valence-electron chi connectivity index (χ1n) is 10.9. The molecule has 0 radical (unpaired) electrons. The molecule has 1 aromatic heterocycles. The van der Waals surface area contributed by atoms with Crippen LogP contribution in [0.1, 0.15) is 65.8 Å². The lowest BCUT2D eigenvalue weighted by Crippen LogP contribution is -2.48. The number of nitrogens with zero attached hydrogens (tertiary/aromatic N) is 2. The number of nitrogens with one attached hydrogen (secondary N) is 2. The molecule has 1 atom stereocenters. The maximum absolute atomic E-state index is 12.9. The molecule has 0 spiro atoms. The van der Waals surface area contributed by atoms with Gasteiger partial charge in [0.1, 0.15) is 17.2 Å². The lowest BCUT2D eigenvalue weighted by Gasteiger charge is -2.33. The van der Waals surface area contributed by atoms with Gasteiger partial charge >= 0.3 is 0 Å². The number of likely N-dealkylation sites (tertiary alicyclic amines) is 1. The summed E-state index contributed by atoms with van der Waals surface area (Å²) < 4.78 is 5.99. The molecule has 1 saturated heterocycles. The highest BCUT2D eigenvalue weighted by molar-refractivity contribution is 7.17. The summed E-state index contributed by atoms with van der Waals surface area (Å²) >= 11 is 1.21. The fraction of sp³-hybridized carbons (Fsp3) is 0.522. The average Bonchev–Trinajstić information content (AvgIpc) is 3.11. The monoisotopic (exact) mass is 442 g/mol. The molecule has 1 fully saturated rings. The zero-order chi connectivity index (χ0) is 22.0. The van der Waals surface area contributed by atoms with E-state index in [4.69, 9.17) is 4.74 Å². The number of hydrogen-bond acceptors (Lipinski definition) is 6. The SMILES string of the molecule is CC1CCCCN1CCOc1ccccc1C(=O)Nc1nc2c(s1)C(=O)NC(C)(C)C2. The number of aromatic nitrogens is 1. The summed E-state index contributed by atoms with van der Waals surface area (Å²) in [6.07, 6.45) is 4.39. The number of para-hydroxylation sites is 1. The van der Waals surface area contributed by atoms with Crippen molar-refractivity contribution in [2.24, 2.45) is 0 Å². The number of ether oxygens (including phenoxy) is 1. The number of benzene rings is 1. The van der Waals surface area contributed by atoms with Crippen LogP contribution in [-0.4, -0.2) is 53.0 Å². The fourth-order valence-corrected chi connectivity index (χ4v) is 5.11. The van der Waals surface area contributed by atoms with E-state index in [-0.39, 0.29) is 17.4 Å². The lowest BCUT2D eigenvalue weighted by molar-refractivity contribution is 0.0900. The van der Waals surface area contributed by atoms with Crippen molar-refractivity contribution in [2.45, 2.75) is 58.0 Å². The highest BCUT2D eigenvalue weighted by atomic mass is 32.1. The summed E-state index contributed by atoms with van der Waals surface area (Å²) in [5, 5.41) is 6.25. The topological polar surface area (TPSA) is 83.6 Å². The number of piperidine rings is 1. The van der Waals surface area contributed by atoms with Crippen molar-refractivity contribution >= 4 is 28.3 Å². The Bertz CT molecular complexity index is 971. The molecule has 7 nitrogen and oxygen atoms in total. The Kier molecular flexibility index (Phi) is 6.29. The van der Waals surface area contributed by atoms with Crippen LogP contribution in [0.4, 0.5) is 5.13 Å². The normalized spacial score (nSPS) is 20.6. The maximum Gasteiger partial charge on any atom is 0.263 e. The Morgan fingerprint density at radius 3 is 2.97 bits per heavy atom. The lowest BCUT2D eigenvalue weighted by atomic mass is 9.94. The molecule has 2 aromatic rings. The number of amides is 2. The van der Waals surface area contributed by atoms with Gasteiger partial charge in [-0.2, -0.15) is 0 Å². The summed E-state index contributed by atoms with van der Waals surface area (Å²) in [4.78, 5) is 32.8. The van der Waals surface area contributed by atoms with E-state index in [1.54, 1.807) is 6.07 Å². The van der Waals surface area contributed by atoms with E-state index in [1.165, 1.54) is 30.6 Å². The second kappa shape index (κ2) is 8.96. The quantitative estimate of drug-likeness (QED) is 0.713. The van der Waals surface area contributed by atoms with Gasteiger partial charge < -0.3 is 10.1 Å². The molecule has 1 aromatic carbocycles. The largest absolute Gasteiger partial charge is 0.491 e. The molecule has 31 heavy (non-hydrogen) atoms. The molecule has 2 aliphatic rings. The number of thiazole rings is 1. The van der Waals surface area contributed by atoms with E-state index in [1.807, 2.05) is 32.0 Å². The van der Waals surface area contributed by atoms with E-state index >= 15 is 0 Å². The van der Waals surface area contributed by atoms with Crippen LogP contribution in [0.3, 0.4) is 0 Å². The number of anilines is 1. The molecule has 0 aliphatic carbocycles. The molecule has 2 aliphatic heterocycles. The molecule has 2 N–H and O–H groups in total. The molecule has 1 unspecified atom stereocenters. The van der Waals surface area contributed by atoms with E-state index in [0.717, 1.165) is 18.8 Å². The summed E-state index contributed by atoms with van der Waals surface area (Å²) in [7, 11) is 0. The molecule has 8 heteroatoms. The van der Waals surface area contributed by atoms with Gasteiger partial charge in [-0.3, -0.25) is 19.8 Å². The number of fused-ring (bicyclic) bond motifs is 1. The third-order valence-electron chi connectivity index (χ3n) is 5.89. The van der Waals surface area contributed by atoms with Gasteiger partial charge in [0.2, 0.25) is 0 Å². The van der Waals surface area contributed by atoms with Crippen LogP contribution >= 0.6 is 11.3 Å². The molecule has 0 saturated carbocycles. The predicted molar refractivity (Wildman–Crippen MR) is 122 cm³/mol. The Hall–Kier alpha value is -2.45. The van der Waals surface area contributed by atoms with Crippen LogP contribution in [0.2, 0.25) is 0 Å². The zero-order valence-corrected chi connectivity index (χ0v) is 19.2. The minimum absolute atomic E-state index is 0.139. The van der Waals surface area contributed by atoms with Gasteiger partial charge in [-0.15, -0.1) is 0 Å². The van der Waals surface area contributed by atoms with Crippen LogP contribution in [0.5, 0.6) is 5.75 Å². The molecule has 166 valence electrons. The van der Waals surface area contributed by atoms with Crippen LogP contribution in [0.15, 0.2) is 24.3 Å². The number of carbonyl (C=O) groups excluding carboxylic acids is 2. The van der Waals surface area contributed by atoms with Gasteiger partial charge in [-0.05, 0) is 52.3 Å². The third-order valence-corrected chi connectivity index (χ3v) is 6.91. The Morgan fingerprint density at radius 2 is 2.16 bits per heavy atom. The van der Waals surface area contributed by atoms with Crippen LogP contribution < -0.4 is 15.4 Å². The van der Waals surface area contributed by atoms with Crippen molar-refractivity contribution in [1.82, 2.24) is 15.2 Å². The second-order valence-corrected chi connectivity index (χ2v) is 9.99. The van der Waals surface area contributed by atoms with Gasteiger partial charge in [-0.25, -0.2) is 4.98 Å². The minimum Gasteiger partial charge on any atom is -0.491 e. The molecule has 2 amide bonds. The van der Waals surface area contributed by atoms with E-state index < -0.39 is 0 Å². The van der Waals surface area contributed by atoms with E-state index in [2.05, 4.69) is 27.4 Å². The highest BCUT2D eigenvalue weighted by Crippen LogP contribution is 2.31. The first-order chi connectivity index (χ1) is 14.8. The summed E-state index contributed by atoms with van der Waals surface area (Å²) in [6, 6.07) is 7.82. The van der Waals surface area contributed by atoms with Gasteiger partial charge in [0, 0.05) is 24.5 Å². The standard InChI is InChI=1S/C23H30N4O3S/c1-15-8-6-7-11-27(15)12-13-30-18-10-5-4-9-16(18)20(28)25-22-24-17-14-23(2,3)26-21(29)19(17)31-22/h4-5,9-10,15H,6-8,11-14H2,1-3H3,(H,26,29)(H,24,25,28). The summed E-state index contributed by atoms with van der Waals surface area (Å²) in [6.45, 7) is 8.67. The van der Waals surface area contributed by atoms with Crippen molar-refractivity contribution < 1.29 is 14.3 Å². The third kappa shape index (κ3) is 5.07. The van der Waals surface area contributed by atoms with Crippen molar-refractivity contribution in [1.29, 1.82) is 0 Å². The minimum atomic E-state index is -0.342. The first kappa shape index (κ1) is 21.8. The maximum atomic E-state index is 12.9. The van der Waals surface area contributed by atoms with Crippen molar-refractivity contribution in [3.8, 4) is 5.75 Å². The molecular weight excluding hydrogens is 412 g/mol. The molecular formula is C23H30N4O3S. The van der Waals surface area contributed by atoms with E-state index in [9.17, 15) is 9.59 Å². The second-order valence-electron chi connectivity index (χ2n) is 8.99. The Balaban J connectivity index is 1.41. The molecule has 4 rings (SSSR count). The van der Waals surface area contributed by atoms with Gasteiger partial charge in [0.25, 0.3) is 11.8 Å². The van der Waals surface area contributed by atoms with Crippen molar-refractivity contribution in [3.05, 3.63) is 40.4 Å². The number of hydrogen-bond donors (Lipinski definition) is 2. The average molecular weight is 443 g/mol. The van der Waals surface area contributed by atoms with Crippen LogP contribution in [0, 0.1) is 0 Å². The summed E-state index contributed by atoms with van der Waals surface area (Å²) in [5.41, 5.74) is 0.854. The van der Waals surface area contributed by atoms with Gasteiger partial charge in [-0.1, -0.05) is 29.9 Å². The summed E-state index contributed by atoms with van der Waals surface area (Å²) in [5.74, 6) is 0.137. The van der Waals surface area contributed by atoms with Crippen molar-refractivity contribution in [2.75, 3.05) is 25.0 Å². The fourth-order valence-electron chi connectivity index (χ4n) is 4.24. The Labute approximate surface area is 187 Å². The van der Waals surface area contributed by atoms with Crippen LogP contribution in [0.25, 0.3) is 0 Å². The predicted octanol–water partition coefficient (Wildman–Crippen LogP) is 3.71. The number of rotatable bonds is 6. The molecule has 0 bridgehead atoms. The highest BCUT2D eigenvalue weighted by Gasteiger charge is 2.33. The van der Waals surface area contributed by atoms with Crippen LogP contribution in [-0.2, 0) is 6.42 Å². The Morgan fingerprint density at radius 1 is 1.35 bits per heavy atom. The number of carbonyl (C=O) groups is 2.